The first-order valence-corrected chi connectivity index (χ1v) is 12.6. The van der Waals surface area contributed by atoms with Crippen LogP contribution in [0.3, 0.4) is 0 Å². The summed E-state index contributed by atoms with van der Waals surface area (Å²) < 4.78 is 11.5. The summed E-state index contributed by atoms with van der Waals surface area (Å²) in [5.41, 5.74) is 2.28. The summed E-state index contributed by atoms with van der Waals surface area (Å²) in [6.07, 6.45) is 0.296. The standard InChI is InChI=1S/C25H20BrN5O4S/c26-17-8-4-5-9-18(17)27-24(33)28-19(12-15-6-2-1-3-7-15)22(32)29-25-31-30-23(36-25)16-10-11-20-21(13-16)35-14-34-20/h1-11,13,19H,12,14H2,(H2,27,28,33)(H,29,31,32)/t19-/m1/s1. The van der Waals surface area contributed by atoms with Gasteiger partial charge < -0.3 is 20.1 Å². The van der Waals surface area contributed by atoms with Gasteiger partial charge in [-0.1, -0.05) is 53.8 Å². The zero-order valence-electron chi connectivity index (χ0n) is 18.7. The Bertz CT molecular complexity index is 1400. The van der Waals surface area contributed by atoms with Crippen LogP contribution in [0.5, 0.6) is 11.5 Å². The van der Waals surface area contributed by atoms with Crippen LogP contribution in [0.1, 0.15) is 5.56 Å². The molecule has 4 aromatic rings. The number of carbonyl (C=O) groups is 2. The van der Waals surface area contributed by atoms with Gasteiger partial charge in [0.1, 0.15) is 11.0 Å². The molecule has 0 saturated heterocycles. The van der Waals surface area contributed by atoms with Crippen LogP contribution in [0.2, 0.25) is 0 Å². The van der Waals surface area contributed by atoms with Gasteiger partial charge in [-0.25, -0.2) is 4.79 Å². The number of anilines is 2. The highest BCUT2D eigenvalue weighted by Crippen LogP contribution is 2.37. The Morgan fingerprint density at radius 1 is 0.944 bits per heavy atom. The number of amides is 3. The SMILES string of the molecule is O=C(Nc1ccccc1Br)N[C@H](Cc1ccccc1)C(=O)Nc1nnc(-c2ccc3c(c2)OCO3)s1. The molecule has 0 aliphatic carbocycles. The molecule has 0 saturated carbocycles. The van der Waals surface area contributed by atoms with Crippen LogP contribution in [0.15, 0.2) is 77.3 Å². The van der Waals surface area contributed by atoms with E-state index in [0.29, 0.717) is 33.7 Å². The van der Waals surface area contributed by atoms with Gasteiger partial charge in [0, 0.05) is 16.5 Å². The van der Waals surface area contributed by atoms with Crippen molar-refractivity contribution in [3.05, 3.63) is 82.8 Å². The molecule has 0 unspecified atom stereocenters. The molecule has 1 atom stereocenters. The van der Waals surface area contributed by atoms with Gasteiger partial charge in [0.05, 0.1) is 5.69 Å². The van der Waals surface area contributed by atoms with Crippen LogP contribution in [0.4, 0.5) is 15.6 Å². The molecular formula is C25H20BrN5O4S. The molecule has 9 nitrogen and oxygen atoms in total. The Kier molecular flexibility index (Phi) is 7.10. The molecule has 3 N–H and O–H groups in total. The highest BCUT2D eigenvalue weighted by Gasteiger charge is 2.23. The van der Waals surface area contributed by atoms with Crippen molar-refractivity contribution >= 4 is 50.0 Å². The van der Waals surface area contributed by atoms with E-state index in [1.165, 1.54) is 11.3 Å². The maximum absolute atomic E-state index is 13.2. The van der Waals surface area contributed by atoms with Crippen molar-refractivity contribution in [2.24, 2.45) is 0 Å². The van der Waals surface area contributed by atoms with E-state index in [4.69, 9.17) is 9.47 Å². The van der Waals surface area contributed by atoms with E-state index in [1.807, 2.05) is 60.7 Å². The number of benzene rings is 3. The Hall–Kier alpha value is -3.96. The summed E-state index contributed by atoms with van der Waals surface area (Å²) >= 11 is 4.63. The van der Waals surface area contributed by atoms with Gasteiger partial charge in [-0.3, -0.25) is 10.1 Å². The Morgan fingerprint density at radius 3 is 2.56 bits per heavy atom. The molecule has 11 heteroatoms. The summed E-state index contributed by atoms with van der Waals surface area (Å²) in [5.74, 6) is 0.901. The van der Waals surface area contributed by atoms with E-state index in [0.717, 1.165) is 15.6 Å². The van der Waals surface area contributed by atoms with Gasteiger partial charge >= 0.3 is 6.03 Å². The average molecular weight is 566 g/mol. The Balaban J connectivity index is 1.30. The third-order valence-electron chi connectivity index (χ3n) is 5.30. The molecule has 3 aromatic carbocycles. The monoisotopic (exact) mass is 565 g/mol. The number of aromatic nitrogens is 2. The minimum Gasteiger partial charge on any atom is -0.454 e. The quantitative estimate of drug-likeness (QED) is 0.288. The van der Waals surface area contributed by atoms with Crippen LogP contribution in [0.25, 0.3) is 10.6 Å². The van der Waals surface area contributed by atoms with Crippen LogP contribution < -0.4 is 25.4 Å². The van der Waals surface area contributed by atoms with Crippen molar-refractivity contribution < 1.29 is 19.1 Å². The fraction of sp³-hybridized carbons (Fsp3) is 0.120. The summed E-state index contributed by atoms with van der Waals surface area (Å²) in [6.45, 7) is 0.181. The van der Waals surface area contributed by atoms with Crippen molar-refractivity contribution in [3.8, 4) is 22.1 Å². The number of rotatable bonds is 7. The van der Waals surface area contributed by atoms with Crippen LogP contribution in [-0.2, 0) is 11.2 Å². The number of nitrogens with zero attached hydrogens (tertiary/aromatic N) is 2. The van der Waals surface area contributed by atoms with Gasteiger partial charge in [-0.2, -0.15) is 0 Å². The van der Waals surface area contributed by atoms with Gasteiger partial charge in [0.25, 0.3) is 0 Å². The summed E-state index contributed by atoms with van der Waals surface area (Å²) in [7, 11) is 0. The second-order valence-electron chi connectivity index (χ2n) is 7.79. The number of carbonyl (C=O) groups excluding carboxylic acids is 2. The molecule has 1 aliphatic heterocycles. The number of para-hydroxylation sites is 1. The van der Waals surface area contributed by atoms with Crippen molar-refractivity contribution in [2.45, 2.75) is 12.5 Å². The predicted octanol–water partition coefficient (Wildman–Crippen LogP) is 5.07. The van der Waals surface area contributed by atoms with E-state index in [-0.39, 0.29) is 6.79 Å². The van der Waals surface area contributed by atoms with Crippen molar-refractivity contribution in [2.75, 3.05) is 17.4 Å². The lowest BCUT2D eigenvalue weighted by atomic mass is 10.1. The highest BCUT2D eigenvalue weighted by molar-refractivity contribution is 9.10. The number of hydrogen-bond acceptors (Lipinski definition) is 7. The number of nitrogens with one attached hydrogen (secondary N) is 3. The lowest BCUT2D eigenvalue weighted by molar-refractivity contribution is -0.117. The zero-order chi connectivity index (χ0) is 24.9. The maximum atomic E-state index is 13.2. The second-order valence-corrected chi connectivity index (χ2v) is 9.62. The summed E-state index contributed by atoms with van der Waals surface area (Å²) in [4.78, 5) is 25.9. The first-order valence-electron chi connectivity index (χ1n) is 11.0. The van der Waals surface area contributed by atoms with E-state index in [9.17, 15) is 9.59 Å². The molecular weight excluding hydrogens is 546 g/mol. The van der Waals surface area contributed by atoms with E-state index >= 15 is 0 Å². The first-order chi connectivity index (χ1) is 17.5. The molecule has 0 bridgehead atoms. The lowest BCUT2D eigenvalue weighted by Gasteiger charge is -2.18. The number of hydrogen-bond donors (Lipinski definition) is 3. The minimum atomic E-state index is -0.854. The number of ether oxygens (including phenoxy) is 2. The fourth-order valence-electron chi connectivity index (χ4n) is 3.55. The van der Waals surface area contributed by atoms with Crippen molar-refractivity contribution in [1.82, 2.24) is 15.5 Å². The Morgan fingerprint density at radius 2 is 1.72 bits per heavy atom. The summed E-state index contributed by atoms with van der Waals surface area (Å²) in [6, 6.07) is 20.8. The molecule has 182 valence electrons. The first kappa shape index (κ1) is 23.8. The van der Waals surface area contributed by atoms with Crippen LogP contribution in [0, 0.1) is 0 Å². The van der Waals surface area contributed by atoms with Gasteiger partial charge in [-0.15, -0.1) is 10.2 Å². The van der Waals surface area contributed by atoms with Crippen LogP contribution >= 0.6 is 27.3 Å². The van der Waals surface area contributed by atoms with E-state index in [2.05, 4.69) is 42.1 Å². The van der Waals surface area contributed by atoms with Crippen LogP contribution in [-0.4, -0.2) is 35.0 Å². The smallest absolute Gasteiger partial charge is 0.319 e. The van der Waals surface area contributed by atoms with Gasteiger partial charge in [0.2, 0.25) is 17.8 Å². The number of halogens is 1. The second kappa shape index (κ2) is 10.8. The largest absolute Gasteiger partial charge is 0.454 e. The molecule has 2 heterocycles. The molecule has 0 spiro atoms. The van der Waals surface area contributed by atoms with Gasteiger partial charge in [-0.05, 0) is 51.8 Å². The third kappa shape index (κ3) is 5.64. The molecule has 1 aromatic heterocycles. The van der Waals surface area contributed by atoms with Crippen molar-refractivity contribution in [1.29, 1.82) is 0 Å². The highest BCUT2D eigenvalue weighted by atomic mass is 79.9. The maximum Gasteiger partial charge on any atom is 0.319 e. The third-order valence-corrected chi connectivity index (χ3v) is 6.88. The van der Waals surface area contributed by atoms with E-state index in [1.54, 1.807) is 12.1 Å². The van der Waals surface area contributed by atoms with Crippen molar-refractivity contribution in [3.63, 3.8) is 0 Å². The predicted molar refractivity (Wildman–Crippen MR) is 140 cm³/mol. The topological polar surface area (TPSA) is 114 Å². The Labute approximate surface area is 219 Å². The molecule has 3 amide bonds. The molecule has 0 radical (unpaired) electrons. The molecule has 0 fully saturated rings. The lowest BCUT2D eigenvalue weighted by Crippen LogP contribution is -2.47. The summed E-state index contributed by atoms with van der Waals surface area (Å²) in [5, 5.41) is 17.5. The minimum absolute atomic E-state index is 0.181. The fourth-order valence-corrected chi connectivity index (χ4v) is 4.68. The average Bonchev–Trinajstić information content (AvgIpc) is 3.55. The van der Waals surface area contributed by atoms with E-state index < -0.39 is 18.0 Å². The molecule has 5 rings (SSSR count). The molecule has 36 heavy (non-hydrogen) atoms. The number of fused-ring (bicyclic) bond motifs is 1. The molecule has 1 aliphatic rings. The number of urea groups is 1. The zero-order valence-corrected chi connectivity index (χ0v) is 21.1. The normalized spacial score (nSPS) is 12.6. The van der Waals surface area contributed by atoms with Gasteiger partial charge in [0.15, 0.2) is 11.5 Å².